The summed E-state index contributed by atoms with van der Waals surface area (Å²) in [6, 6.07) is 8.27. The van der Waals surface area contributed by atoms with Crippen molar-refractivity contribution in [3.8, 4) is 0 Å². The van der Waals surface area contributed by atoms with Gasteiger partial charge in [-0.05, 0) is 49.2 Å². The summed E-state index contributed by atoms with van der Waals surface area (Å²) in [5, 5.41) is 3.80. The molecule has 2 amide bonds. The van der Waals surface area contributed by atoms with Crippen molar-refractivity contribution in [3.05, 3.63) is 62.1 Å². The maximum absolute atomic E-state index is 13.5. The summed E-state index contributed by atoms with van der Waals surface area (Å²) in [6.45, 7) is 3.44. The molecule has 0 saturated heterocycles. The minimum absolute atomic E-state index is 0.00103. The number of hydrogen-bond acceptors (Lipinski definition) is 4. The van der Waals surface area contributed by atoms with Gasteiger partial charge in [-0.25, -0.2) is 8.42 Å². The summed E-state index contributed by atoms with van der Waals surface area (Å²) in [5.74, 6) is -0.978. The number of rotatable bonds is 11. The third kappa shape index (κ3) is 8.43. The molecular weight excluding hydrogens is 556 g/mol. The molecule has 0 aliphatic carbocycles. The molecule has 192 valence electrons. The van der Waals surface area contributed by atoms with E-state index >= 15 is 0 Å². The molecule has 0 heterocycles. The quantitative estimate of drug-likeness (QED) is 0.359. The molecule has 12 heteroatoms. The fraction of sp³-hybridized carbons (Fsp3) is 0.391. The van der Waals surface area contributed by atoms with E-state index in [9.17, 15) is 18.0 Å². The predicted molar refractivity (Wildman–Crippen MR) is 143 cm³/mol. The number of carbonyl (C=O) groups is 2. The molecule has 0 bridgehead atoms. The summed E-state index contributed by atoms with van der Waals surface area (Å²) in [4.78, 5) is 27.6. The van der Waals surface area contributed by atoms with Gasteiger partial charge in [0.1, 0.15) is 12.6 Å². The fourth-order valence-electron chi connectivity index (χ4n) is 3.23. The van der Waals surface area contributed by atoms with Crippen LogP contribution in [0.2, 0.25) is 20.1 Å². The Morgan fingerprint density at radius 2 is 1.66 bits per heavy atom. The standard InChI is InChI=1S/C23H27Cl4N3O4S/c1-4-5-10-28-23(32)15(2)29(13-16-6-8-18(25)20(27)11-16)22(31)14-30(35(3,33)34)21-12-17(24)7-9-19(21)26/h6-9,11-12,15H,4-5,10,13-14H2,1-3H3,(H,28,32)/t15-/m1/s1. The minimum Gasteiger partial charge on any atom is -0.354 e. The highest BCUT2D eigenvalue weighted by atomic mass is 35.5. The second-order valence-corrected chi connectivity index (χ2v) is 11.5. The molecule has 0 saturated carbocycles. The number of carbonyl (C=O) groups excluding carboxylic acids is 2. The Hall–Kier alpha value is -1.71. The summed E-state index contributed by atoms with van der Waals surface area (Å²) in [6.07, 6.45) is 2.64. The Morgan fingerprint density at radius 1 is 1.00 bits per heavy atom. The average Bonchev–Trinajstić information content (AvgIpc) is 2.78. The Kier molecular flexibility index (Phi) is 11.0. The molecule has 2 rings (SSSR count). The lowest BCUT2D eigenvalue weighted by Crippen LogP contribution is -2.51. The van der Waals surface area contributed by atoms with E-state index in [0.29, 0.717) is 22.2 Å². The van der Waals surface area contributed by atoms with E-state index < -0.39 is 28.5 Å². The van der Waals surface area contributed by atoms with Gasteiger partial charge in [-0.3, -0.25) is 13.9 Å². The third-order valence-electron chi connectivity index (χ3n) is 5.19. The maximum Gasteiger partial charge on any atom is 0.244 e. The van der Waals surface area contributed by atoms with Crippen LogP contribution < -0.4 is 9.62 Å². The van der Waals surface area contributed by atoms with Crippen molar-refractivity contribution in [3.63, 3.8) is 0 Å². The van der Waals surface area contributed by atoms with Crippen LogP contribution in [0.1, 0.15) is 32.3 Å². The van der Waals surface area contributed by atoms with E-state index in [2.05, 4.69) is 5.32 Å². The Labute approximate surface area is 226 Å². The molecule has 2 aromatic carbocycles. The molecule has 2 aromatic rings. The molecular formula is C23H27Cl4N3O4S. The highest BCUT2D eigenvalue weighted by molar-refractivity contribution is 7.92. The highest BCUT2D eigenvalue weighted by Gasteiger charge is 2.31. The Morgan fingerprint density at radius 3 is 2.26 bits per heavy atom. The van der Waals surface area contributed by atoms with Crippen LogP contribution >= 0.6 is 46.4 Å². The zero-order valence-electron chi connectivity index (χ0n) is 19.5. The van der Waals surface area contributed by atoms with Gasteiger partial charge in [-0.15, -0.1) is 0 Å². The summed E-state index contributed by atoms with van der Waals surface area (Å²) in [5.41, 5.74) is 0.678. The SMILES string of the molecule is CCCCNC(=O)[C@@H](C)N(Cc1ccc(Cl)c(Cl)c1)C(=O)CN(c1cc(Cl)ccc1Cl)S(C)(=O)=O. The lowest BCUT2D eigenvalue weighted by atomic mass is 10.1. The molecule has 35 heavy (non-hydrogen) atoms. The van der Waals surface area contributed by atoms with E-state index in [1.807, 2.05) is 6.92 Å². The largest absolute Gasteiger partial charge is 0.354 e. The van der Waals surface area contributed by atoms with E-state index in [4.69, 9.17) is 46.4 Å². The van der Waals surface area contributed by atoms with Gasteiger partial charge in [0.25, 0.3) is 0 Å². The third-order valence-corrected chi connectivity index (χ3v) is 7.61. The zero-order valence-corrected chi connectivity index (χ0v) is 23.4. The van der Waals surface area contributed by atoms with Gasteiger partial charge in [0.05, 0.1) is 27.0 Å². The van der Waals surface area contributed by atoms with E-state index in [1.165, 1.54) is 23.1 Å². The Balaban J connectivity index is 2.42. The van der Waals surface area contributed by atoms with Gasteiger partial charge in [-0.1, -0.05) is 65.8 Å². The molecule has 1 atom stereocenters. The van der Waals surface area contributed by atoms with Crippen molar-refractivity contribution in [2.45, 2.75) is 39.3 Å². The summed E-state index contributed by atoms with van der Waals surface area (Å²) in [7, 11) is -3.93. The molecule has 7 nitrogen and oxygen atoms in total. The Bertz CT molecular complexity index is 1180. The zero-order chi connectivity index (χ0) is 26.3. The number of benzene rings is 2. The van der Waals surface area contributed by atoms with Crippen LogP contribution in [-0.4, -0.2) is 50.5 Å². The van der Waals surface area contributed by atoms with E-state index in [1.54, 1.807) is 25.1 Å². The van der Waals surface area contributed by atoms with Gasteiger partial charge in [-0.2, -0.15) is 0 Å². The van der Waals surface area contributed by atoms with Gasteiger partial charge in [0, 0.05) is 18.1 Å². The second-order valence-electron chi connectivity index (χ2n) is 7.96. The van der Waals surface area contributed by atoms with Crippen LogP contribution in [-0.2, 0) is 26.2 Å². The molecule has 0 spiro atoms. The number of sulfonamides is 1. The lowest BCUT2D eigenvalue weighted by molar-refractivity contribution is -0.139. The first-order valence-corrected chi connectivity index (χ1v) is 14.1. The number of amides is 2. The number of unbranched alkanes of at least 4 members (excludes halogenated alkanes) is 1. The first kappa shape index (κ1) is 29.5. The van der Waals surface area contributed by atoms with Crippen LogP contribution in [0.4, 0.5) is 5.69 Å². The van der Waals surface area contributed by atoms with Crippen molar-refractivity contribution in [2.24, 2.45) is 0 Å². The molecule has 1 N–H and O–H groups in total. The summed E-state index contributed by atoms with van der Waals surface area (Å²) >= 11 is 24.4. The first-order valence-electron chi connectivity index (χ1n) is 10.8. The number of anilines is 1. The second kappa shape index (κ2) is 13.0. The van der Waals surface area contributed by atoms with Crippen LogP contribution in [0.3, 0.4) is 0 Å². The van der Waals surface area contributed by atoms with Crippen molar-refractivity contribution in [2.75, 3.05) is 23.7 Å². The monoisotopic (exact) mass is 581 g/mol. The average molecular weight is 583 g/mol. The minimum atomic E-state index is -3.93. The summed E-state index contributed by atoms with van der Waals surface area (Å²) < 4.78 is 26.1. The number of nitrogens with zero attached hydrogens (tertiary/aromatic N) is 2. The topological polar surface area (TPSA) is 86.8 Å². The van der Waals surface area contributed by atoms with Crippen LogP contribution in [0.5, 0.6) is 0 Å². The molecule has 0 unspecified atom stereocenters. The van der Waals surface area contributed by atoms with Crippen molar-refractivity contribution in [1.29, 1.82) is 0 Å². The maximum atomic E-state index is 13.5. The fourth-order valence-corrected chi connectivity index (χ4v) is 4.84. The van der Waals surface area contributed by atoms with Gasteiger partial charge >= 0.3 is 0 Å². The van der Waals surface area contributed by atoms with Gasteiger partial charge in [0.15, 0.2) is 0 Å². The van der Waals surface area contributed by atoms with Crippen molar-refractivity contribution < 1.29 is 18.0 Å². The van der Waals surface area contributed by atoms with Gasteiger partial charge in [0.2, 0.25) is 21.8 Å². The molecule has 0 fully saturated rings. The normalized spacial score (nSPS) is 12.2. The van der Waals surface area contributed by atoms with Crippen LogP contribution in [0, 0.1) is 0 Å². The number of halogens is 4. The molecule has 0 aromatic heterocycles. The van der Waals surface area contributed by atoms with Gasteiger partial charge < -0.3 is 10.2 Å². The predicted octanol–water partition coefficient (Wildman–Crippen LogP) is 5.40. The number of nitrogens with one attached hydrogen (secondary N) is 1. The van der Waals surface area contributed by atoms with Crippen molar-refractivity contribution >= 4 is 73.9 Å². The molecule has 0 radical (unpaired) electrons. The highest BCUT2D eigenvalue weighted by Crippen LogP contribution is 2.31. The molecule has 0 aliphatic heterocycles. The molecule has 0 aliphatic rings. The van der Waals surface area contributed by atoms with Crippen molar-refractivity contribution in [1.82, 2.24) is 10.2 Å². The smallest absolute Gasteiger partial charge is 0.244 e. The number of hydrogen-bond donors (Lipinski definition) is 1. The van der Waals surface area contributed by atoms with Crippen LogP contribution in [0.25, 0.3) is 0 Å². The van der Waals surface area contributed by atoms with Crippen LogP contribution in [0.15, 0.2) is 36.4 Å². The first-order chi connectivity index (χ1) is 16.3. The lowest BCUT2D eigenvalue weighted by Gasteiger charge is -2.31. The van der Waals surface area contributed by atoms with E-state index in [0.717, 1.165) is 23.4 Å². The van der Waals surface area contributed by atoms with E-state index in [-0.39, 0.29) is 28.2 Å².